The summed E-state index contributed by atoms with van der Waals surface area (Å²) in [5, 5.41) is 17.9. The Morgan fingerprint density at radius 3 is 2.14 bits per heavy atom. The standard InChI is InChI=1S/C14H9F8N5O/c15-12(16,17)6-28-10-4-1-7(5-25-10)8-2-3-9(23)27(26-8)11(24)13(18,19)14(20,21)22/h1-5,23-24H,6H2. The molecule has 0 saturated carbocycles. The van der Waals surface area contributed by atoms with E-state index in [4.69, 9.17) is 10.8 Å². The fourth-order valence-corrected chi connectivity index (χ4v) is 1.79. The van der Waals surface area contributed by atoms with Crippen molar-refractivity contribution in [3.05, 3.63) is 36.0 Å². The summed E-state index contributed by atoms with van der Waals surface area (Å²) in [6.07, 6.45) is -9.73. The molecule has 0 aliphatic rings. The van der Waals surface area contributed by atoms with Gasteiger partial charge in [0.2, 0.25) is 11.7 Å². The monoisotopic (exact) mass is 415 g/mol. The van der Waals surface area contributed by atoms with Gasteiger partial charge in [-0.3, -0.25) is 10.8 Å². The van der Waals surface area contributed by atoms with Crippen LogP contribution < -0.4 is 10.2 Å². The van der Waals surface area contributed by atoms with Crippen molar-refractivity contribution < 1.29 is 39.9 Å². The Kier molecular flexibility index (Phi) is 5.43. The molecule has 0 aliphatic heterocycles. The average molecular weight is 415 g/mol. The Morgan fingerprint density at radius 1 is 1.00 bits per heavy atom. The Morgan fingerprint density at radius 2 is 1.64 bits per heavy atom. The molecule has 14 heteroatoms. The van der Waals surface area contributed by atoms with Gasteiger partial charge in [-0.1, -0.05) is 0 Å². The number of hydrogen-bond acceptors (Lipinski definition) is 5. The molecule has 0 unspecified atom stereocenters. The van der Waals surface area contributed by atoms with Crippen molar-refractivity contribution in [1.29, 1.82) is 10.8 Å². The van der Waals surface area contributed by atoms with Gasteiger partial charge in [0, 0.05) is 17.8 Å². The van der Waals surface area contributed by atoms with E-state index in [-0.39, 0.29) is 15.9 Å². The van der Waals surface area contributed by atoms with Gasteiger partial charge in [0.25, 0.3) is 0 Å². The van der Waals surface area contributed by atoms with Crippen LogP contribution in [0.25, 0.3) is 11.3 Å². The number of alkyl halides is 8. The lowest BCUT2D eigenvalue weighted by Crippen LogP contribution is -2.50. The summed E-state index contributed by atoms with van der Waals surface area (Å²) < 4.78 is 104. The van der Waals surface area contributed by atoms with Crippen molar-refractivity contribution in [3.8, 4) is 17.1 Å². The predicted octanol–water partition coefficient (Wildman–Crippen LogP) is 3.39. The Hall–Kier alpha value is -3.06. The highest BCUT2D eigenvalue weighted by Crippen LogP contribution is 2.36. The van der Waals surface area contributed by atoms with E-state index >= 15 is 0 Å². The van der Waals surface area contributed by atoms with E-state index in [2.05, 4.69) is 14.8 Å². The van der Waals surface area contributed by atoms with Crippen LogP contribution in [0, 0.1) is 10.8 Å². The number of hydrogen-bond donors (Lipinski definition) is 2. The minimum Gasteiger partial charge on any atom is -0.468 e. The molecule has 2 heterocycles. The van der Waals surface area contributed by atoms with Crippen LogP contribution in [0.15, 0.2) is 30.5 Å². The Bertz CT molecular complexity index is 917. The summed E-state index contributed by atoms with van der Waals surface area (Å²) in [4.78, 5) is 3.54. The number of aromatic nitrogens is 3. The maximum absolute atomic E-state index is 13.3. The maximum Gasteiger partial charge on any atom is 0.461 e. The number of halogens is 8. The first-order valence-electron chi connectivity index (χ1n) is 7.07. The molecule has 0 bridgehead atoms. The van der Waals surface area contributed by atoms with E-state index in [1.54, 1.807) is 0 Å². The summed E-state index contributed by atoms with van der Waals surface area (Å²) in [5.41, 5.74) is -1.17. The van der Waals surface area contributed by atoms with Crippen LogP contribution >= 0.6 is 0 Å². The first kappa shape index (κ1) is 21.2. The highest BCUT2D eigenvalue weighted by atomic mass is 19.4. The van der Waals surface area contributed by atoms with Crippen molar-refractivity contribution in [2.75, 3.05) is 6.61 Å². The van der Waals surface area contributed by atoms with Crippen LogP contribution in [0.3, 0.4) is 0 Å². The molecule has 0 amide bonds. The lowest BCUT2D eigenvalue weighted by atomic mass is 10.2. The normalized spacial score (nSPS) is 12.7. The molecule has 2 N–H and O–H groups in total. The van der Waals surface area contributed by atoms with Gasteiger partial charge in [-0.15, -0.1) is 0 Å². The molecule has 0 radical (unpaired) electrons. The molecular weight excluding hydrogens is 406 g/mol. The fourth-order valence-electron chi connectivity index (χ4n) is 1.79. The number of rotatable bonds is 4. The highest BCUT2D eigenvalue weighted by molar-refractivity contribution is 5.88. The van der Waals surface area contributed by atoms with Crippen LogP contribution in [0.4, 0.5) is 35.1 Å². The molecule has 0 saturated heterocycles. The SMILES string of the molecule is N=C(n1nc(-c2ccc(OCC(F)(F)F)nc2)ccc1=N)C(F)(F)C(F)(F)F. The van der Waals surface area contributed by atoms with E-state index in [0.29, 0.717) is 0 Å². The number of nitrogens with zero attached hydrogens (tertiary/aromatic N) is 3. The molecular formula is C14H9F8N5O. The smallest absolute Gasteiger partial charge is 0.461 e. The third-order valence-corrected chi connectivity index (χ3v) is 3.12. The average Bonchev–Trinajstić information content (AvgIpc) is 2.58. The molecule has 0 fully saturated rings. The van der Waals surface area contributed by atoms with E-state index in [1.807, 2.05) is 0 Å². The minimum absolute atomic E-state index is 0.0104. The maximum atomic E-state index is 13.3. The van der Waals surface area contributed by atoms with E-state index < -0.39 is 42.1 Å². The first-order chi connectivity index (χ1) is 12.7. The van der Waals surface area contributed by atoms with Crippen molar-refractivity contribution in [3.63, 3.8) is 0 Å². The van der Waals surface area contributed by atoms with Crippen LogP contribution in [0.5, 0.6) is 5.88 Å². The van der Waals surface area contributed by atoms with Crippen molar-refractivity contribution in [1.82, 2.24) is 14.8 Å². The molecule has 152 valence electrons. The second-order valence-corrected chi connectivity index (χ2v) is 5.23. The number of pyridine rings is 1. The summed E-state index contributed by atoms with van der Waals surface area (Å²) >= 11 is 0. The van der Waals surface area contributed by atoms with E-state index in [1.165, 1.54) is 0 Å². The fraction of sp³-hybridized carbons (Fsp3) is 0.286. The largest absolute Gasteiger partial charge is 0.468 e. The van der Waals surface area contributed by atoms with Gasteiger partial charge in [0.1, 0.15) is 5.49 Å². The molecule has 6 nitrogen and oxygen atoms in total. The number of ether oxygens (including phenoxy) is 1. The molecule has 28 heavy (non-hydrogen) atoms. The Labute approximate surface area is 150 Å². The molecule has 2 aromatic heterocycles. The zero-order chi connectivity index (χ0) is 21.3. The van der Waals surface area contributed by atoms with Crippen molar-refractivity contribution >= 4 is 5.84 Å². The second-order valence-electron chi connectivity index (χ2n) is 5.23. The van der Waals surface area contributed by atoms with E-state index in [9.17, 15) is 35.1 Å². The van der Waals surface area contributed by atoms with Gasteiger partial charge in [-0.2, -0.15) is 44.9 Å². The molecule has 2 rings (SSSR count). The van der Waals surface area contributed by atoms with Crippen molar-refractivity contribution in [2.45, 2.75) is 18.3 Å². The molecule has 0 aromatic carbocycles. The van der Waals surface area contributed by atoms with Gasteiger partial charge >= 0.3 is 18.3 Å². The Balaban J connectivity index is 2.33. The third-order valence-electron chi connectivity index (χ3n) is 3.12. The van der Waals surface area contributed by atoms with Gasteiger partial charge in [0.05, 0.1) is 5.69 Å². The summed E-state index contributed by atoms with van der Waals surface area (Å²) in [6, 6.07) is 4.01. The topological polar surface area (TPSA) is 87.6 Å². The first-order valence-corrected chi connectivity index (χ1v) is 7.07. The third kappa shape index (κ3) is 4.61. The molecule has 0 aliphatic carbocycles. The van der Waals surface area contributed by atoms with Crippen molar-refractivity contribution in [2.24, 2.45) is 0 Å². The molecule has 2 aromatic rings. The predicted molar refractivity (Wildman–Crippen MR) is 77.0 cm³/mol. The zero-order valence-corrected chi connectivity index (χ0v) is 13.4. The zero-order valence-electron chi connectivity index (χ0n) is 13.4. The summed E-state index contributed by atoms with van der Waals surface area (Å²) in [7, 11) is 0. The molecule has 0 spiro atoms. The van der Waals surface area contributed by atoms with Gasteiger partial charge in [-0.25, -0.2) is 4.98 Å². The van der Waals surface area contributed by atoms with Crippen LogP contribution in [0.1, 0.15) is 0 Å². The summed E-state index contributed by atoms with van der Waals surface area (Å²) in [5.74, 6) is -8.26. The highest BCUT2D eigenvalue weighted by Gasteiger charge is 2.62. The van der Waals surface area contributed by atoms with Gasteiger partial charge < -0.3 is 4.74 Å². The lowest BCUT2D eigenvalue weighted by molar-refractivity contribution is -0.250. The van der Waals surface area contributed by atoms with Crippen LogP contribution in [-0.2, 0) is 0 Å². The number of nitrogens with one attached hydrogen (secondary N) is 2. The quantitative estimate of drug-likeness (QED) is 0.456. The van der Waals surface area contributed by atoms with Crippen LogP contribution in [0.2, 0.25) is 0 Å². The second kappa shape index (κ2) is 7.16. The lowest BCUT2D eigenvalue weighted by Gasteiger charge is -2.21. The van der Waals surface area contributed by atoms with Gasteiger partial charge in [0.15, 0.2) is 6.61 Å². The van der Waals surface area contributed by atoms with Gasteiger partial charge in [-0.05, 0) is 18.2 Å². The molecule has 0 atom stereocenters. The summed E-state index contributed by atoms with van der Waals surface area (Å²) in [6.45, 7) is -1.60. The van der Waals surface area contributed by atoms with Crippen LogP contribution in [-0.4, -0.2) is 45.5 Å². The minimum atomic E-state index is -6.07. The van der Waals surface area contributed by atoms with E-state index in [0.717, 1.165) is 30.5 Å².